The molecule has 166 valence electrons. The number of aromatic nitrogens is 2. The standard InChI is InChI=1S/C25H34N4O2/c30-21-3-2-6-28(16-21)14-20-15-29-22(26-20)4-1-5-23(29)27-24(31)13-25-10-17-7-18(11-25)9-19(8-17)12-25/h1,4-5,15,17-19,21,30H,2-3,6-14,16H2,(H,27,31). The van der Waals surface area contributed by atoms with Crippen LogP contribution in [0.1, 0.15) is 63.5 Å². The average molecular weight is 423 g/mol. The van der Waals surface area contributed by atoms with Crippen LogP contribution in [0.4, 0.5) is 5.82 Å². The summed E-state index contributed by atoms with van der Waals surface area (Å²) in [4.78, 5) is 20.2. The van der Waals surface area contributed by atoms with Crippen molar-refractivity contribution in [2.24, 2.45) is 23.2 Å². The lowest BCUT2D eigenvalue weighted by Gasteiger charge is -2.56. The third kappa shape index (κ3) is 3.89. The number of rotatable bonds is 5. The third-order valence-electron chi connectivity index (χ3n) is 8.38. The molecular weight excluding hydrogens is 388 g/mol. The monoisotopic (exact) mass is 422 g/mol. The van der Waals surface area contributed by atoms with Crippen LogP contribution in [-0.2, 0) is 11.3 Å². The van der Waals surface area contributed by atoms with Gasteiger partial charge < -0.3 is 10.4 Å². The molecule has 6 nitrogen and oxygen atoms in total. The van der Waals surface area contributed by atoms with Crippen LogP contribution in [0.15, 0.2) is 24.4 Å². The van der Waals surface area contributed by atoms with Crippen molar-refractivity contribution in [1.82, 2.24) is 14.3 Å². The van der Waals surface area contributed by atoms with E-state index in [1.54, 1.807) is 0 Å². The average Bonchev–Trinajstić information content (AvgIpc) is 3.10. The molecule has 4 saturated carbocycles. The number of pyridine rings is 1. The Balaban J connectivity index is 1.16. The van der Waals surface area contributed by atoms with Crippen molar-refractivity contribution in [2.75, 3.05) is 18.4 Å². The summed E-state index contributed by atoms with van der Waals surface area (Å²) in [6.45, 7) is 2.45. The molecule has 1 unspecified atom stereocenters. The van der Waals surface area contributed by atoms with Crippen LogP contribution < -0.4 is 5.32 Å². The lowest BCUT2D eigenvalue weighted by atomic mass is 9.49. The van der Waals surface area contributed by atoms with E-state index in [1.807, 2.05) is 28.8 Å². The van der Waals surface area contributed by atoms with Crippen molar-refractivity contribution in [2.45, 2.75) is 70.4 Å². The fraction of sp³-hybridized carbons (Fsp3) is 0.680. The minimum atomic E-state index is -0.231. The van der Waals surface area contributed by atoms with Gasteiger partial charge in [0.2, 0.25) is 5.91 Å². The number of aliphatic hydroxyl groups is 1. The highest BCUT2D eigenvalue weighted by atomic mass is 16.3. The lowest BCUT2D eigenvalue weighted by Crippen LogP contribution is -2.47. The lowest BCUT2D eigenvalue weighted by molar-refractivity contribution is -0.124. The van der Waals surface area contributed by atoms with E-state index in [0.29, 0.717) is 13.0 Å². The van der Waals surface area contributed by atoms with Crippen molar-refractivity contribution in [3.8, 4) is 0 Å². The van der Waals surface area contributed by atoms with Gasteiger partial charge in [0.15, 0.2) is 0 Å². The van der Waals surface area contributed by atoms with E-state index >= 15 is 0 Å². The van der Waals surface area contributed by atoms with E-state index in [2.05, 4.69) is 10.2 Å². The maximum atomic E-state index is 13.1. The second-order valence-electron chi connectivity index (χ2n) is 11.0. The molecule has 6 heteroatoms. The number of anilines is 1. The van der Waals surface area contributed by atoms with E-state index in [-0.39, 0.29) is 17.4 Å². The molecule has 31 heavy (non-hydrogen) atoms. The molecule has 0 spiro atoms. The molecule has 4 aliphatic carbocycles. The van der Waals surface area contributed by atoms with Gasteiger partial charge in [-0.15, -0.1) is 0 Å². The molecule has 1 amide bonds. The van der Waals surface area contributed by atoms with Crippen LogP contribution >= 0.6 is 0 Å². The molecule has 2 aromatic rings. The molecule has 1 saturated heterocycles. The molecule has 2 aromatic heterocycles. The Kier molecular flexibility index (Phi) is 4.83. The quantitative estimate of drug-likeness (QED) is 0.768. The highest BCUT2D eigenvalue weighted by Crippen LogP contribution is 2.61. The van der Waals surface area contributed by atoms with Crippen LogP contribution in [0.3, 0.4) is 0 Å². The Hall–Kier alpha value is -1.92. The summed E-state index contributed by atoms with van der Waals surface area (Å²) in [5, 5.41) is 13.2. The van der Waals surface area contributed by atoms with Gasteiger partial charge in [-0.25, -0.2) is 4.98 Å². The Morgan fingerprint density at radius 3 is 2.61 bits per heavy atom. The fourth-order valence-electron chi connectivity index (χ4n) is 7.68. The van der Waals surface area contributed by atoms with Crippen LogP contribution in [0.5, 0.6) is 0 Å². The fourth-order valence-corrected chi connectivity index (χ4v) is 7.68. The van der Waals surface area contributed by atoms with Gasteiger partial charge in [0.05, 0.1) is 11.8 Å². The zero-order valence-electron chi connectivity index (χ0n) is 18.3. The number of carbonyl (C=O) groups is 1. The molecule has 1 atom stereocenters. The predicted molar refractivity (Wildman–Crippen MR) is 120 cm³/mol. The van der Waals surface area contributed by atoms with Gasteiger partial charge in [0.25, 0.3) is 0 Å². The van der Waals surface area contributed by atoms with Gasteiger partial charge in [0.1, 0.15) is 11.5 Å². The van der Waals surface area contributed by atoms with E-state index in [0.717, 1.165) is 60.8 Å². The Labute approximate surface area is 184 Å². The summed E-state index contributed by atoms with van der Waals surface area (Å²) in [6, 6.07) is 5.93. The number of fused-ring (bicyclic) bond motifs is 1. The summed E-state index contributed by atoms with van der Waals surface area (Å²) >= 11 is 0. The van der Waals surface area contributed by atoms with Crippen molar-refractivity contribution in [1.29, 1.82) is 0 Å². The zero-order valence-corrected chi connectivity index (χ0v) is 18.3. The van der Waals surface area contributed by atoms with Gasteiger partial charge in [-0.05, 0) is 93.2 Å². The smallest absolute Gasteiger partial charge is 0.226 e. The molecule has 7 rings (SSSR count). The van der Waals surface area contributed by atoms with Gasteiger partial charge in [0, 0.05) is 25.7 Å². The maximum absolute atomic E-state index is 13.1. The zero-order chi connectivity index (χ0) is 21.0. The first kappa shape index (κ1) is 19.7. The second-order valence-corrected chi connectivity index (χ2v) is 11.0. The number of piperidine rings is 1. The highest BCUT2D eigenvalue weighted by molar-refractivity contribution is 5.90. The molecule has 1 aliphatic heterocycles. The Morgan fingerprint density at radius 1 is 1.16 bits per heavy atom. The van der Waals surface area contributed by atoms with Crippen LogP contribution in [0.25, 0.3) is 5.65 Å². The number of imidazole rings is 1. The normalized spacial score (nSPS) is 35.0. The first-order valence-corrected chi connectivity index (χ1v) is 12.2. The number of amides is 1. The van der Waals surface area contributed by atoms with Crippen LogP contribution in [0.2, 0.25) is 0 Å². The maximum Gasteiger partial charge on any atom is 0.226 e. The number of carbonyl (C=O) groups excluding carboxylic acids is 1. The molecule has 2 N–H and O–H groups in total. The van der Waals surface area contributed by atoms with Gasteiger partial charge >= 0.3 is 0 Å². The molecule has 0 radical (unpaired) electrons. The summed E-state index contributed by atoms with van der Waals surface area (Å²) in [6.07, 6.45) is 12.4. The van der Waals surface area contributed by atoms with Crippen molar-refractivity contribution in [3.63, 3.8) is 0 Å². The number of nitrogens with one attached hydrogen (secondary N) is 1. The summed E-state index contributed by atoms with van der Waals surface area (Å²) in [7, 11) is 0. The largest absolute Gasteiger partial charge is 0.392 e. The molecule has 4 bridgehead atoms. The topological polar surface area (TPSA) is 69.9 Å². The van der Waals surface area contributed by atoms with Crippen molar-refractivity contribution in [3.05, 3.63) is 30.1 Å². The highest BCUT2D eigenvalue weighted by Gasteiger charge is 2.51. The molecule has 3 heterocycles. The SMILES string of the molecule is O=C(CC12CC3CC(CC(C3)C1)C2)Nc1cccc2nc(CN3CCCC(O)C3)cn12. The molecular formula is C25H34N4O2. The number of nitrogens with zero attached hydrogens (tertiary/aromatic N) is 3. The van der Waals surface area contributed by atoms with E-state index in [9.17, 15) is 9.90 Å². The van der Waals surface area contributed by atoms with Gasteiger partial charge in [-0.3, -0.25) is 14.1 Å². The molecule has 5 fully saturated rings. The third-order valence-corrected chi connectivity index (χ3v) is 8.38. The van der Waals surface area contributed by atoms with Crippen LogP contribution in [-0.4, -0.2) is 44.5 Å². The van der Waals surface area contributed by atoms with Crippen molar-refractivity contribution < 1.29 is 9.90 Å². The first-order chi connectivity index (χ1) is 15.0. The second kappa shape index (κ2) is 7.59. The number of aliphatic hydroxyl groups excluding tert-OH is 1. The van der Waals surface area contributed by atoms with E-state index in [1.165, 1.54) is 38.5 Å². The summed E-state index contributed by atoms with van der Waals surface area (Å²) < 4.78 is 2.01. The van der Waals surface area contributed by atoms with Crippen LogP contribution in [0, 0.1) is 23.2 Å². The number of hydrogen-bond donors (Lipinski definition) is 2. The number of β-amino-alcohol motifs (C(OH)–C–C–N with tert-alkyl or cyclic N) is 1. The first-order valence-electron chi connectivity index (χ1n) is 12.2. The van der Waals surface area contributed by atoms with Crippen molar-refractivity contribution >= 4 is 17.4 Å². The molecule has 0 aromatic carbocycles. The van der Waals surface area contributed by atoms with E-state index < -0.39 is 0 Å². The minimum Gasteiger partial charge on any atom is -0.392 e. The Morgan fingerprint density at radius 2 is 1.90 bits per heavy atom. The number of hydrogen-bond acceptors (Lipinski definition) is 4. The van der Waals surface area contributed by atoms with Gasteiger partial charge in [-0.2, -0.15) is 0 Å². The summed E-state index contributed by atoms with van der Waals surface area (Å²) in [5.41, 5.74) is 2.10. The summed E-state index contributed by atoms with van der Waals surface area (Å²) in [5.74, 6) is 3.57. The van der Waals surface area contributed by atoms with E-state index in [4.69, 9.17) is 4.98 Å². The van der Waals surface area contributed by atoms with Gasteiger partial charge in [-0.1, -0.05) is 6.07 Å². The predicted octanol–water partition coefficient (Wildman–Crippen LogP) is 3.84. The number of likely N-dealkylation sites (tertiary alicyclic amines) is 1. The minimum absolute atomic E-state index is 0.156. The Bertz CT molecular complexity index is 948. The molecule has 5 aliphatic rings.